The standard InChI is InChI=1S/C15H18N2O6/c18-13-4-2-1-3-9(13)8-16-14(19)10-5-11(15(20)21)7-12(6-10)17(22)23/h5-7,9,13,18H,1-4,8H2,(H,16,19)(H,20,21). The fraction of sp³-hybridized carbons (Fsp3) is 0.467. The van der Waals surface area contributed by atoms with Gasteiger partial charge < -0.3 is 15.5 Å². The molecule has 2 unspecified atom stereocenters. The molecule has 0 saturated heterocycles. The third kappa shape index (κ3) is 4.26. The molecule has 1 fully saturated rings. The molecular weight excluding hydrogens is 304 g/mol. The van der Waals surface area contributed by atoms with E-state index in [2.05, 4.69) is 5.32 Å². The van der Waals surface area contributed by atoms with Crippen molar-refractivity contribution in [3.8, 4) is 0 Å². The molecule has 8 heteroatoms. The Hall–Kier alpha value is -2.48. The van der Waals surface area contributed by atoms with Crippen molar-refractivity contribution in [1.29, 1.82) is 0 Å². The van der Waals surface area contributed by atoms with E-state index < -0.39 is 28.6 Å². The zero-order chi connectivity index (χ0) is 17.0. The lowest BCUT2D eigenvalue weighted by Crippen LogP contribution is -2.36. The zero-order valence-corrected chi connectivity index (χ0v) is 12.4. The number of carbonyl (C=O) groups excluding carboxylic acids is 1. The minimum atomic E-state index is -1.34. The number of nitro groups is 1. The van der Waals surface area contributed by atoms with Gasteiger partial charge in [-0.25, -0.2) is 4.79 Å². The molecule has 2 atom stereocenters. The highest BCUT2D eigenvalue weighted by Gasteiger charge is 2.24. The first kappa shape index (κ1) is 16.9. The summed E-state index contributed by atoms with van der Waals surface area (Å²) in [7, 11) is 0. The number of carboxylic acids is 1. The summed E-state index contributed by atoms with van der Waals surface area (Å²) in [6.45, 7) is 0.255. The average Bonchev–Trinajstić information content (AvgIpc) is 2.53. The van der Waals surface area contributed by atoms with Crippen LogP contribution in [0.1, 0.15) is 46.4 Å². The maximum Gasteiger partial charge on any atom is 0.335 e. The Labute approximate surface area is 132 Å². The second-order valence-corrected chi connectivity index (χ2v) is 5.65. The van der Waals surface area contributed by atoms with Gasteiger partial charge in [0.2, 0.25) is 0 Å². The molecule has 23 heavy (non-hydrogen) atoms. The van der Waals surface area contributed by atoms with Crippen LogP contribution >= 0.6 is 0 Å². The maximum atomic E-state index is 12.1. The number of carboxylic acid groups (broad SMARTS) is 1. The Morgan fingerprint density at radius 1 is 1.22 bits per heavy atom. The number of aliphatic hydroxyl groups excluding tert-OH is 1. The van der Waals surface area contributed by atoms with Crippen molar-refractivity contribution in [2.75, 3.05) is 6.54 Å². The monoisotopic (exact) mass is 322 g/mol. The van der Waals surface area contributed by atoms with Crippen molar-refractivity contribution >= 4 is 17.6 Å². The first-order valence-corrected chi connectivity index (χ1v) is 7.37. The van der Waals surface area contributed by atoms with Crippen LogP contribution in [0.5, 0.6) is 0 Å². The highest BCUT2D eigenvalue weighted by atomic mass is 16.6. The number of benzene rings is 1. The largest absolute Gasteiger partial charge is 0.478 e. The zero-order valence-electron chi connectivity index (χ0n) is 12.4. The number of non-ortho nitro benzene ring substituents is 1. The normalized spacial score (nSPS) is 20.7. The van der Waals surface area contributed by atoms with Crippen molar-refractivity contribution in [1.82, 2.24) is 5.32 Å². The SMILES string of the molecule is O=C(O)c1cc(C(=O)NCC2CCCCC2O)cc([N+](=O)[O-])c1. The van der Waals surface area contributed by atoms with Crippen molar-refractivity contribution in [2.45, 2.75) is 31.8 Å². The van der Waals surface area contributed by atoms with Gasteiger partial charge in [-0.15, -0.1) is 0 Å². The predicted molar refractivity (Wildman–Crippen MR) is 80.4 cm³/mol. The van der Waals surface area contributed by atoms with Gasteiger partial charge in [0.15, 0.2) is 0 Å². The first-order chi connectivity index (χ1) is 10.9. The number of amides is 1. The summed E-state index contributed by atoms with van der Waals surface area (Å²) >= 11 is 0. The van der Waals surface area contributed by atoms with Crippen LogP contribution in [-0.2, 0) is 0 Å². The smallest absolute Gasteiger partial charge is 0.335 e. The minimum absolute atomic E-state index is 0.0506. The summed E-state index contributed by atoms with van der Waals surface area (Å²) in [6.07, 6.45) is 2.97. The maximum absolute atomic E-state index is 12.1. The third-order valence-electron chi connectivity index (χ3n) is 4.03. The van der Waals surface area contributed by atoms with E-state index in [4.69, 9.17) is 5.11 Å². The Balaban J connectivity index is 2.11. The molecule has 0 aromatic heterocycles. The molecule has 0 radical (unpaired) electrons. The van der Waals surface area contributed by atoms with Crippen molar-refractivity contribution in [2.24, 2.45) is 5.92 Å². The number of aliphatic hydroxyl groups is 1. The van der Waals surface area contributed by atoms with Crippen molar-refractivity contribution < 1.29 is 24.7 Å². The summed E-state index contributed by atoms with van der Waals surface area (Å²) < 4.78 is 0. The molecule has 1 saturated carbocycles. The van der Waals surface area contributed by atoms with Crippen LogP contribution in [0.15, 0.2) is 18.2 Å². The molecule has 1 aliphatic rings. The number of aromatic carboxylic acids is 1. The molecule has 2 rings (SSSR count). The number of hydrogen-bond acceptors (Lipinski definition) is 5. The molecule has 0 bridgehead atoms. The van der Waals surface area contributed by atoms with Crippen LogP contribution < -0.4 is 5.32 Å². The Bertz CT molecular complexity index is 598. The highest BCUT2D eigenvalue weighted by Crippen LogP contribution is 2.24. The van der Waals surface area contributed by atoms with Gasteiger partial charge in [0, 0.05) is 30.2 Å². The van der Waals surface area contributed by atoms with E-state index >= 15 is 0 Å². The van der Waals surface area contributed by atoms with Gasteiger partial charge in [0.25, 0.3) is 11.6 Å². The molecular formula is C15H18N2O6. The van der Waals surface area contributed by atoms with E-state index in [1.165, 1.54) is 0 Å². The van der Waals surface area contributed by atoms with Crippen LogP contribution in [0.2, 0.25) is 0 Å². The average molecular weight is 322 g/mol. The molecule has 8 nitrogen and oxygen atoms in total. The molecule has 0 spiro atoms. The minimum Gasteiger partial charge on any atom is -0.478 e. The molecule has 0 aliphatic heterocycles. The van der Waals surface area contributed by atoms with E-state index in [9.17, 15) is 24.8 Å². The van der Waals surface area contributed by atoms with Gasteiger partial charge in [-0.05, 0) is 18.9 Å². The topological polar surface area (TPSA) is 130 Å². The molecule has 3 N–H and O–H groups in total. The Morgan fingerprint density at radius 3 is 2.48 bits per heavy atom. The fourth-order valence-corrected chi connectivity index (χ4v) is 2.72. The number of hydrogen-bond donors (Lipinski definition) is 3. The number of nitro benzene ring substituents is 1. The summed E-state index contributed by atoms with van der Waals surface area (Å²) in [5, 5.41) is 32.3. The molecule has 1 aromatic rings. The van der Waals surface area contributed by atoms with Crippen LogP contribution in [0, 0.1) is 16.0 Å². The van der Waals surface area contributed by atoms with Crippen molar-refractivity contribution in [3.05, 3.63) is 39.4 Å². The summed E-state index contributed by atoms with van der Waals surface area (Å²) in [6, 6.07) is 3.05. The number of carbonyl (C=O) groups is 2. The van der Waals surface area contributed by atoms with E-state index in [1.54, 1.807) is 0 Å². The van der Waals surface area contributed by atoms with Gasteiger partial charge in [0.1, 0.15) is 0 Å². The number of nitrogens with zero attached hydrogens (tertiary/aromatic N) is 1. The third-order valence-corrected chi connectivity index (χ3v) is 4.03. The van der Waals surface area contributed by atoms with E-state index in [1.807, 2.05) is 0 Å². The van der Waals surface area contributed by atoms with Gasteiger partial charge >= 0.3 is 5.97 Å². The van der Waals surface area contributed by atoms with Crippen LogP contribution in [-0.4, -0.2) is 39.7 Å². The number of rotatable bonds is 5. The summed E-state index contributed by atoms with van der Waals surface area (Å²) in [5.41, 5.74) is -0.850. The quantitative estimate of drug-likeness (QED) is 0.557. The van der Waals surface area contributed by atoms with E-state index in [-0.39, 0.29) is 23.6 Å². The molecule has 124 valence electrons. The number of nitrogens with one attached hydrogen (secondary N) is 1. The fourth-order valence-electron chi connectivity index (χ4n) is 2.72. The molecule has 1 amide bonds. The summed E-state index contributed by atoms with van der Waals surface area (Å²) in [4.78, 5) is 33.3. The van der Waals surface area contributed by atoms with Gasteiger partial charge in [0.05, 0.1) is 16.6 Å². The predicted octanol–water partition coefficient (Wildman–Crippen LogP) is 1.57. The van der Waals surface area contributed by atoms with Crippen LogP contribution in [0.3, 0.4) is 0 Å². The molecule has 1 aromatic carbocycles. The lowest BCUT2D eigenvalue weighted by molar-refractivity contribution is -0.384. The Morgan fingerprint density at radius 2 is 1.87 bits per heavy atom. The summed E-state index contributed by atoms with van der Waals surface area (Å²) in [5.74, 6) is -1.98. The van der Waals surface area contributed by atoms with Crippen molar-refractivity contribution in [3.63, 3.8) is 0 Å². The van der Waals surface area contributed by atoms with Gasteiger partial charge in [-0.3, -0.25) is 14.9 Å². The van der Waals surface area contributed by atoms with Crippen LogP contribution in [0.4, 0.5) is 5.69 Å². The van der Waals surface area contributed by atoms with Gasteiger partial charge in [-0.1, -0.05) is 12.8 Å². The van der Waals surface area contributed by atoms with Crippen LogP contribution in [0.25, 0.3) is 0 Å². The Kier molecular flexibility index (Phi) is 5.28. The molecule has 0 heterocycles. The highest BCUT2D eigenvalue weighted by molar-refractivity contribution is 5.98. The first-order valence-electron chi connectivity index (χ1n) is 7.37. The second kappa shape index (κ2) is 7.19. The van der Waals surface area contributed by atoms with E-state index in [0.29, 0.717) is 6.42 Å². The van der Waals surface area contributed by atoms with E-state index in [0.717, 1.165) is 37.5 Å². The lowest BCUT2D eigenvalue weighted by atomic mass is 9.86. The lowest BCUT2D eigenvalue weighted by Gasteiger charge is -2.27. The molecule has 1 aliphatic carbocycles. The van der Waals surface area contributed by atoms with Gasteiger partial charge in [-0.2, -0.15) is 0 Å². The second-order valence-electron chi connectivity index (χ2n) is 5.65.